The van der Waals surface area contributed by atoms with E-state index in [9.17, 15) is 0 Å². The average Bonchev–Trinajstić information content (AvgIpc) is 2.58. The maximum Gasteiger partial charge on any atom is 0.169 e. The van der Waals surface area contributed by atoms with Crippen molar-refractivity contribution in [1.82, 2.24) is 15.1 Å². The SMILES string of the molecule is COc1ccccc1N1CCN(C(=S)NCCCN(C)C)CC1. The number of methoxy groups -OCH3 is 1. The maximum absolute atomic E-state index is 5.51. The molecular weight excluding hydrogens is 308 g/mol. The summed E-state index contributed by atoms with van der Waals surface area (Å²) in [6.07, 6.45) is 1.11. The lowest BCUT2D eigenvalue weighted by Crippen LogP contribution is -2.52. The van der Waals surface area contributed by atoms with Gasteiger partial charge in [0.2, 0.25) is 0 Å². The van der Waals surface area contributed by atoms with Gasteiger partial charge >= 0.3 is 0 Å². The molecule has 0 aliphatic carbocycles. The molecule has 1 aromatic rings. The van der Waals surface area contributed by atoms with E-state index in [1.54, 1.807) is 7.11 Å². The first kappa shape index (κ1) is 17.8. The van der Waals surface area contributed by atoms with Gasteiger partial charge in [0.25, 0.3) is 0 Å². The van der Waals surface area contributed by atoms with Crippen molar-refractivity contribution < 1.29 is 4.74 Å². The smallest absolute Gasteiger partial charge is 0.169 e. The quantitative estimate of drug-likeness (QED) is 0.628. The monoisotopic (exact) mass is 336 g/mol. The van der Waals surface area contributed by atoms with Crippen LogP contribution in [-0.4, -0.2) is 75.4 Å². The summed E-state index contributed by atoms with van der Waals surface area (Å²) >= 11 is 5.51. The lowest BCUT2D eigenvalue weighted by Gasteiger charge is -2.37. The molecule has 0 aromatic heterocycles. The van der Waals surface area contributed by atoms with Gasteiger partial charge in [0.15, 0.2) is 5.11 Å². The Balaban J connectivity index is 1.78. The van der Waals surface area contributed by atoms with Crippen LogP contribution in [0.5, 0.6) is 5.75 Å². The number of piperazine rings is 1. The van der Waals surface area contributed by atoms with Crippen LogP contribution < -0.4 is 15.0 Å². The predicted octanol–water partition coefficient (Wildman–Crippen LogP) is 1.64. The molecule has 1 aliphatic heterocycles. The molecule has 0 spiro atoms. The van der Waals surface area contributed by atoms with Crippen molar-refractivity contribution >= 4 is 23.0 Å². The van der Waals surface area contributed by atoms with E-state index in [0.29, 0.717) is 0 Å². The van der Waals surface area contributed by atoms with E-state index < -0.39 is 0 Å². The summed E-state index contributed by atoms with van der Waals surface area (Å²) in [6, 6.07) is 8.19. The minimum Gasteiger partial charge on any atom is -0.495 e. The van der Waals surface area contributed by atoms with Gasteiger partial charge < -0.3 is 24.8 Å². The van der Waals surface area contributed by atoms with E-state index in [2.05, 4.69) is 46.2 Å². The molecule has 0 radical (unpaired) electrons. The maximum atomic E-state index is 5.51. The molecule has 6 heteroatoms. The highest BCUT2D eigenvalue weighted by Crippen LogP contribution is 2.28. The Morgan fingerprint density at radius 3 is 2.57 bits per heavy atom. The van der Waals surface area contributed by atoms with Crippen molar-refractivity contribution in [1.29, 1.82) is 0 Å². The first-order valence-electron chi connectivity index (χ1n) is 8.17. The van der Waals surface area contributed by atoms with Crippen LogP contribution in [0.2, 0.25) is 0 Å². The number of benzene rings is 1. The molecule has 2 rings (SSSR count). The van der Waals surface area contributed by atoms with Crippen LogP contribution in [0.4, 0.5) is 5.69 Å². The van der Waals surface area contributed by atoms with Crippen LogP contribution in [-0.2, 0) is 0 Å². The lowest BCUT2D eigenvalue weighted by atomic mass is 10.2. The Bertz CT molecular complexity index is 501. The number of ether oxygens (including phenoxy) is 1. The molecule has 5 nitrogen and oxygen atoms in total. The van der Waals surface area contributed by atoms with Crippen molar-refractivity contribution in [2.24, 2.45) is 0 Å². The summed E-state index contributed by atoms with van der Waals surface area (Å²) in [6.45, 7) is 5.82. The Morgan fingerprint density at radius 2 is 1.91 bits per heavy atom. The van der Waals surface area contributed by atoms with Crippen molar-refractivity contribution in [3.8, 4) is 5.75 Å². The van der Waals surface area contributed by atoms with Gasteiger partial charge in [-0.3, -0.25) is 0 Å². The molecule has 1 aliphatic rings. The van der Waals surface area contributed by atoms with Gasteiger partial charge in [-0.05, 0) is 51.4 Å². The van der Waals surface area contributed by atoms with Crippen molar-refractivity contribution in [2.75, 3.05) is 65.4 Å². The Hall–Kier alpha value is -1.53. The van der Waals surface area contributed by atoms with E-state index in [4.69, 9.17) is 17.0 Å². The zero-order valence-corrected chi connectivity index (χ0v) is 15.2. The van der Waals surface area contributed by atoms with Gasteiger partial charge in [0.05, 0.1) is 12.8 Å². The summed E-state index contributed by atoms with van der Waals surface area (Å²) in [7, 11) is 5.91. The molecule has 0 bridgehead atoms. The topological polar surface area (TPSA) is 31.0 Å². The second-order valence-electron chi connectivity index (χ2n) is 6.03. The number of thiocarbonyl (C=S) groups is 1. The summed E-state index contributed by atoms with van der Waals surface area (Å²) in [4.78, 5) is 6.82. The fourth-order valence-corrected chi connectivity index (χ4v) is 3.03. The number of rotatable bonds is 6. The lowest BCUT2D eigenvalue weighted by molar-refractivity contribution is 0.369. The fraction of sp³-hybridized carbons (Fsp3) is 0.588. The predicted molar refractivity (Wildman–Crippen MR) is 101 cm³/mol. The minimum atomic E-state index is 0.878. The van der Waals surface area contributed by atoms with Crippen LogP contribution in [0.25, 0.3) is 0 Å². The minimum absolute atomic E-state index is 0.878. The first-order chi connectivity index (χ1) is 11.1. The molecule has 1 N–H and O–H groups in total. The van der Waals surface area contributed by atoms with E-state index >= 15 is 0 Å². The Kier molecular flexibility index (Phi) is 6.92. The first-order valence-corrected chi connectivity index (χ1v) is 8.58. The highest BCUT2D eigenvalue weighted by atomic mass is 32.1. The summed E-state index contributed by atoms with van der Waals surface area (Å²) in [5, 5.41) is 4.25. The summed E-state index contributed by atoms with van der Waals surface area (Å²) in [5.41, 5.74) is 1.17. The number of hydrogen-bond acceptors (Lipinski definition) is 4. The largest absolute Gasteiger partial charge is 0.495 e. The number of para-hydroxylation sites is 2. The fourth-order valence-electron chi connectivity index (χ4n) is 2.74. The summed E-state index contributed by atoms with van der Waals surface area (Å²) < 4.78 is 5.46. The van der Waals surface area contributed by atoms with Crippen molar-refractivity contribution in [3.63, 3.8) is 0 Å². The normalized spacial score (nSPS) is 15.0. The van der Waals surface area contributed by atoms with Gasteiger partial charge in [0.1, 0.15) is 5.75 Å². The molecule has 128 valence electrons. The highest BCUT2D eigenvalue weighted by molar-refractivity contribution is 7.80. The van der Waals surface area contributed by atoms with Gasteiger partial charge in [-0.25, -0.2) is 0 Å². The van der Waals surface area contributed by atoms with Gasteiger partial charge in [0, 0.05) is 32.7 Å². The average molecular weight is 337 g/mol. The third kappa shape index (κ3) is 5.25. The molecule has 0 atom stereocenters. The molecule has 1 heterocycles. The van der Waals surface area contributed by atoms with E-state index in [1.165, 1.54) is 5.69 Å². The molecule has 1 fully saturated rings. The molecule has 1 saturated heterocycles. The molecular formula is C17H28N4OS. The second kappa shape index (κ2) is 8.93. The number of nitrogens with one attached hydrogen (secondary N) is 1. The van der Waals surface area contributed by atoms with Crippen molar-refractivity contribution in [2.45, 2.75) is 6.42 Å². The van der Waals surface area contributed by atoms with Crippen LogP contribution >= 0.6 is 12.2 Å². The number of hydrogen-bond donors (Lipinski definition) is 1. The van der Waals surface area contributed by atoms with Crippen LogP contribution in [0.15, 0.2) is 24.3 Å². The number of nitrogens with zero attached hydrogens (tertiary/aromatic N) is 3. The molecule has 0 amide bonds. The van der Waals surface area contributed by atoms with Gasteiger partial charge in [-0.15, -0.1) is 0 Å². The number of anilines is 1. The van der Waals surface area contributed by atoms with Crippen molar-refractivity contribution in [3.05, 3.63) is 24.3 Å². The Morgan fingerprint density at radius 1 is 1.22 bits per heavy atom. The molecule has 0 saturated carbocycles. The second-order valence-corrected chi connectivity index (χ2v) is 6.42. The Labute approximate surface area is 145 Å². The molecule has 0 unspecified atom stereocenters. The third-order valence-electron chi connectivity index (χ3n) is 4.05. The van der Waals surface area contributed by atoms with Gasteiger partial charge in [-0.1, -0.05) is 12.1 Å². The zero-order chi connectivity index (χ0) is 16.7. The summed E-state index contributed by atoms with van der Waals surface area (Å²) in [5.74, 6) is 0.935. The third-order valence-corrected chi connectivity index (χ3v) is 4.45. The van der Waals surface area contributed by atoms with E-state index in [1.807, 2.05) is 12.1 Å². The van der Waals surface area contributed by atoms with Crippen LogP contribution in [0, 0.1) is 0 Å². The van der Waals surface area contributed by atoms with E-state index in [0.717, 1.165) is 56.6 Å². The highest BCUT2D eigenvalue weighted by Gasteiger charge is 2.20. The molecule has 23 heavy (non-hydrogen) atoms. The van der Waals surface area contributed by atoms with Crippen LogP contribution in [0.1, 0.15) is 6.42 Å². The molecule has 1 aromatic carbocycles. The van der Waals surface area contributed by atoms with Crippen LogP contribution in [0.3, 0.4) is 0 Å². The standard InChI is InChI=1S/C17H28N4OS/c1-19(2)10-6-9-18-17(23)21-13-11-20(12-14-21)15-7-4-5-8-16(15)22-3/h4-5,7-8H,6,9-14H2,1-3H3,(H,18,23). The van der Waals surface area contributed by atoms with Gasteiger partial charge in [-0.2, -0.15) is 0 Å². The zero-order valence-electron chi connectivity index (χ0n) is 14.4. The van der Waals surface area contributed by atoms with E-state index in [-0.39, 0.29) is 0 Å².